The van der Waals surface area contributed by atoms with Crippen LogP contribution in [0, 0.1) is 5.82 Å². The van der Waals surface area contributed by atoms with Crippen molar-refractivity contribution in [2.75, 3.05) is 20.6 Å². The molecule has 0 aromatic heterocycles. The van der Waals surface area contributed by atoms with E-state index >= 15 is 0 Å². The van der Waals surface area contributed by atoms with Gasteiger partial charge in [0.1, 0.15) is 5.82 Å². The average Bonchev–Trinajstić information content (AvgIpc) is 2.68. The van der Waals surface area contributed by atoms with Gasteiger partial charge < -0.3 is 21.3 Å². The molecule has 2 aromatic rings. The zero-order chi connectivity index (χ0) is 20.5. The first-order chi connectivity index (χ1) is 13.4. The molecule has 0 heterocycles. The van der Waals surface area contributed by atoms with Crippen molar-refractivity contribution in [2.45, 2.75) is 13.1 Å². The molecule has 0 unspecified atom stereocenters. The minimum Gasteiger partial charge on any atom is -0.368 e. The quantitative estimate of drug-likeness (QED) is 0.493. The van der Waals surface area contributed by atoms with E-state index in [9.17, 15) is 14.0 Å². The van der Waals surface area contributed by atoms with E-state index in [-0.39, 0.29) is 18.3 Å². The third-order valence-electron chi connectivity index (χ3n) is 4.00. The van der Waals surface area contributed by atoms with Crippen molar-refractivity contribution in [3.63, 3.8) is 0 Å². The molecule has 0 aliphatic rings. The summed E-state index contributed by atoms with van der Waals surface area (Å²) in [6.07, 6.45) is 0. The van der Waals surface area contributed by atoms with Crippen LogP contribution >= 0.6 is 0 Å². The number of nitrogens with zero attached hydrogens (tertiary/aromatic N) is 2. The van der Waals surface area contributed by atoms with Crippen molar-refractivity contribution in [1.29, 1.82) is 0 Å². The van der Waals surface area contributed by atoms with E-state index in [0.717, 1.165) is 11.1 Å². The Morgan fingerprint density at radius 1 is 1.04 bits per heavy atom. The molecule has 0 aliphatic heterocycles. The van der Waals surface area contributed by atoms with Gasteiger partial charge in [0.15, 0.2) is 5.96 Å². The maximum Gasteiger partial charge on any atom is 0.251 e. The van der Waals surface area contributed by atoms with Crippen molar-refractivity contribution in [2.24, 2.45) is 10.7 Å². The highest BCUT2D eigenvalue weighted by Gasteiger charge is 2.09. The van der Waals surface area contributed by atoms with Crippen LogP contribution in [-0.4, -0.2) is 43.3 Å². The zero-order valence-electron chi connectivity index (χ0n) is 15.9. The second-order valence-corrected chi connectivity index (χ2v) is 6.23. The molecular weight excluding hydrogens is 361 g/mol. The van der Waals surface area contributed by atoms with Crippen molar-refractivity contribution >= 4 is 17.8 Å². The number of nitrogens with two attached hydrogens (primary N) is 1. The Balaban J connectivity index is 1.89. The largest absolute Gasteiger partial charge is 0.368 e. The van der Waals surface area contributed by atoms with Gasteiger partial charge in [0, 0.05) is 32.7 Å². The number of carbonyl (C=O) groups is 2. The van der Waals surface area contributed by atoms with Gasteiger partial charge in [0.2, 0.25) is 5.91 Å². The van der Waals surface area contributed by atoms with Crippen molar-refractivity contribution in [3.05, 3.63) is 71.0 Å². The highest BCUT2D eigenvalue weighted by Crippen LogP contribution is 2.07. The van der Waals surface area contributed by atoms with E-state index in [2.05, 4.69) is 15.6 Å². The Labute approximate surface area is 163 Å². The van der Waals surface area contributed by atoms with Gasteiger partial charge in [0.05, 0.1) is 6.54 Å². The molecule has 0 spiro atoms. The van der Waals surface area contributed by atoms with E-state index in [0.29, 0.717) is 24.6 Å². The molecular formula is C20H24FN5O2. The lowest BCUT2D eigenvalue weighted by Gasteiger charge is -2.22. The Morgan fingerprint density at radius 2 is 1.64 bits per heavy atom. The van der Waals surface area contributed by atoms with E-state index in [1.807, 2.05) is 24.1 Å². The predicted molar refractivity (Wildman–Crippen MR) is 106 cm³/mol. The normalized spacial score (nSPS) is 11.0. The second-order valence-electron chi connectivity index (χ2n) is 6.23. The standard InChI is InChI=1S/C20H24FN5O2/c1-23-20(26(2)13-15-5-9-17(21)10-6-15)25-11-14-3-7-16(8-4-14)19(28)24-12-18(22)27/h3-10H,11-13H2,1-2H3,(H2,22,27)(H,23,25)(H,24,28). The minimum absolute atomic E-state index is 0.196. The number of halogens is 1. The van der Waals surface area contributed by atoms with Gasteiger partial charge in [0.25, 0.3) is 5.91 Å². The Bertz CT molecular complexity index is 835. The van der Waals surface area contributed by atoms with Crippen LogP contribution in [-0.2, 0) is 17.9 Å². The molecule has 2 amide bonds. The van der Waals surface area contributed by atoms with Crippen molar-refractivity contribution < 1.29 is 14.0 Å². The van der Waals surface area contributed by atoms with Gasteiger partial charge in [-0.05, 0) is 35.4 Å². The molecule has 4 N–H and O–H groups in total. The first-order valence-corrected chi connectivity index (χ1v) is 8.70. The van der Waals surface area contributed by atoms with Gasteiger partial charge in [-0.15, -0.1) is 0 Å². The molecule has 7 nitrogen and oxygen atoms in total. The number of amides is 2. The summed E-state index contributed by atoms with van der Waals surface area (Å²) in [7, 11) is 3.58. The zero-order valence-corrected chi connectivity index (χ0v) is 15.9. The number of hydrogen-bond donors (Lipinski definition) is 3. The molecule has 2 rings (SSSR count). The van der Waals surface area contributed by atoms with Gasteiger partial charge >= 0.3 is 0 Å². The number of carbonyl (C=O) groups excluding carboxylic acids is 2. The van der Waals surface area contributed by atoms with Crippen LogP contribution in [0.1, 0.15) is 21.5 Å². The fourth-order valence-electron chi connectivity index (χ4n) is 2.55. The summed E-state index contributed by atoms with van der Waals surface area (Å²) in [5, 5.41) is 5.69. The lowest BCUT2D eigenvalue weighted by molar-refractivity contribution is -0.117. The lowest BCUT2D eigenvalue weighted by atomic mass is 10.1. The number of aliphatic imine (C=N–C) groups is 1. The van der Waals surface area contributed by atoms with E-state index in [1.165, 1.54) is 12.1 Å². The van der Waals surface area contributed by atoms with Gasteiger partial charge in [-0.2, -0.15) is 0 Å². The van der Waals surface area contributed by atoms with Crippen molar-refractivity contribution in [1.82, 2.24) is 15.5 Å². The highest BCUT2D eigenvalue weighted by molar-refractivity contribution is 5.96. The van der Waals surface area contributed by atoms with Crippen LogP contribution in [0.15, 0.2) is 53.5 Å². The molecule has 0 aliphatic carbocycles. The van der Waals surface area contributed by atoms with Crippen molar-refractivity contribution in [3.8, 4) is 0 Å². The summed E-state index contributed by atoms with van der Waals surface area (Å²) in [4.78, 5) is 28.8. The molecule has 0 radical (unpaired) electrons. The van der Waals surface area contributed by atoms with Crippen LogP contribution in [0.25, 0.3) is 0 Å². The molecule has 0 fully saturated rings. The van der Waals surface area contributed by atoms with Crippen LogP contribution in [0.2, 0.25) is 0 Å². The molecule has 0 atom stereocenters. The molecule has 0 saturated carbocycles. The van der Waals surface area contributed by atoms with Crippen LogP contribution in [0.4, 0.5) is 4.39 Å². The number of nitrogens with one attached hydrogen (secondary N) is 2. The Hall–Kier alpha value is -3.42. The number of guanidine groups is 1. The molecule has 2 aromatic carbocycles. The third-order valence-corrected chi connectivity index (χ3v) is 4.00. The van der Waals surface area contributed by atoms with Gasteiger partial charge in [-0.25, -0.2) is 4.39 Å². The minimum atomic E-state index is -0.592. The van der Waals surface area contributed by atoms with Crippen LogP contribution in [0.5, 0.6) is 0 Å². The second kappa shape index (κ2) is 10.1. The smallest absolute Gasteiger partial charge is 0.251 e. The maximum atomic E-state index is 13.0. The Kier molecular flexibility index (Phi) is 7.50. The first-order valence-electron chi connectivity index (χ1n) is 8.70. The topological polar surface area (TPSA) is 99.8 Å². The lowest BCUT2D eigenvalue weighted by Crippen LogP contribution is -2.38. The first kappa shape index (κ1) is 20.9. The summed E-state index contributed by atoms with van der Waals surface area (Å²) in [6, 6.07) is 13.3. The molecule has 0 bridgehead atoms. The molecule has 0 saturated heterocycles. The fourth-order valence-corrected chi connectivity index (χ4v) is 2.55. The fraction of sp³-hybridized carbons (Fsp3) is 0.250. The molecule has 148 valence electrons. The molecule has 8 heteroatoms. The van der Waals surface area contributed by atoms with Gasteiger partial charge in [-0.1, -0.05) is 24.3 Å². The van der Waals surface area contributed by atoms with E-state index in [1.54, 1.807) is 31.3 Å². The van der Waals surface area contributed by atoms with E-state index < -0.39 is 5.91 Å². The maximum absolute atomic E-state index is 13.0. The van der Waals surface area contributed by atoms with E-state index in [4.69, 9.17) is 5.73 Å². The number of hydrogen-bond acceptors (Lipinski definition) is 3. The molecule has 28 heavy (non-hydrogen) atoms. The van der Waals surface area contributed by atoms with Crippen LogP contribution < -0.4 is 16.4 Å². The summed E-state index contributed by atoms with van der Waals surface area (Å²) < 4.78 is 13.0. The highest BCUT2D eigenvalue weighted by atomic mass is 19.1. The third kappa shape index (κ3) is 6.39. The summed E-state index contributed by atoms with van der Waals surface area (Å²) >= 11 is 0. The Morgan fingerprint density at radius 3 is 2.21 bits per heavy atom. The van der Waals surface area contributed by atoms with Gasteiger partial charge in [-0.3, -0.25) is 14.6 Å². The summed E-state index contributed by atoms with van der Waals surface area (Å²) in [6.45, 7) is 0.904. The number of benzene rings is 2. The number of primary amides is 1. The summed E-state index contributed by atoms with van der Waals surface area (Å²) in [5.74, 6) is -0.522. The SMILES string of the molecule is CN=C(NCc1ccc(C(=O)NCC(N)=O)cc1)N(C)Cc1ccc(F)cc1. The monoisotopic (exact) mass is 385 g/mol. The average molecular weight is 385 g/mol. The number of rotatable bonds is 7. The summed E-state index contributed by atoms with van der Waals surface area (Å²) in [5.41, 5.74) is 7.39. The predicted octanol–water partition coefficient (Wildman–Crippen LogP) is 1.25. The van der Waals surface area contributed by atoms with Crippen LogP contribution in [0.3, 0.4) is 0 Å².